The number of rotatable bonds is 2. The van der Waals surface area contributed by atoms with Gasteiger partial charge in [0.05, 0.1) is 9.26 Å². The van der Waals surface area contributed by atoms with E-state index in [9.17, 15) is 0 Å². The van der Waals surface area contributed by atoms with E-state index < -0.39 is 0 Å². The molecular weight excluding hydrogens is 313 g/mol. The van der Waals surface area contributed by atoms with Gasteiger partial charge in [0.2, 0.25) is 0 Å². The average molecular weight is 331 g/mol. The molecule has 1 aliphatic carbocycles. The van der Waals surface area contributed by atoms with Gasteiger partial charge in [0.15, 0.2) is 0 Å². The van der Waals surface area contributed by atoms with Crippen LogP contribution >= 0.6 is 22.6 Å². The van der Waals surface area contributed by atoms with Crippen LogP contribution in [-0.2, 0) is 6.42 Å². The first-order valence-corrected chi connectivity index (χ1v) is 6.76. The molecule has 0 spiro atoms. The lowest BCUT2D eigenvalue weighted by atomic mass is 9.92. The summed E-state index contributed by atoms with van der Waals surface area (Å²) in [5, 5.41) is 0. The zero-order valence-electron chi connectivity index (χ0n) is 10.0. The van der Waals surface area contributed by atoms with Crippen LogP contribution in [0.5, 0.6) is 0 Å². The lowest BCUT2D eigenvalue weighted by Gasteiger charge is -2.18. The molecule has 2 N–H and O–H groups in total. The van der Waals surface area contributed by atoms with Crippen molar-refractivity contribution in [2.75, 3.05) is 5.73 Å². The van der Waals surface area contributed by atoms with Crippen molar-refractivity contribution in [1.29, 1.82) is 0 Å². The molecule has 16 heavy (non-hydrogen) atoms. The summed E-state index contributed by atoms with van der Waals surface area (Å²) in [5.41, 5.74) is 7.33. The first-order chi connectivity index (χ1) is 7.37. The summed E-state index contributed by atoms with van der Waals surface area (Å²) >= 11 is 2.26. The Balaban J connectivity index is 2.33. The largest absolute Gasteiger partial charge is 0.383 e. The molecule has 0 aliphatic heterocycles. The van der Waals surface area contributed by atoms with Crippen molar-refractivity contribution in [1.82, 2.24) is 9.97 Å². The first-order valence-electron chi connectivity index (χ1n) is 5.68. The van der Waals surface area contributed by atoms with Gasteiger partial charge in [0.1, 0.15) is 11.6 Å². The van der Waals surface area contributed by atoms with Gasteiger partial charge >= 0.3 is 0 Å². The lowest BCUT2D eigenvalue weighted by molar-refractivity contribution is 0.400. The Labute approximate surface area is 110 Å². The van der Waals surface area contributed by atoms with E-state index in [1.165, 1.54) is 18.5 Å². The summed E-state index contributed by atoms with van der Waals surface area (Å²) in [4.78, 5) is 9.07. The van der Waals surface area contributed by atoms with Gasteiger partial charge in [-0.15, -0.1) is 0 Å². The van der Waals surface area contributed by atoms with Crippen molar-refractivity contribution in [3.05, 3.63) is 15.1 Å². The molecule has 1 aromatic rings. The summed E-state index contributed by atoms with van der Waals surface area (Å²) in [6.45, 7) is 6.59. The standard InChI is InChI=1S/C12H18IN3/c1-12(2,3)6-8-15-10(7-4-5-7)9(13)11(14)16-8/h7H,4-6H2,1-3H3,(H2,14,15,16). The molecule has 3 nitrogen and oxygen atoms in total. The molecule has 0 saturated heterocycles. The molecule has 0 radical (unpaired) electrons. The van der Waals surface area contributed by atoms with Gasteiger partial charge in [0, 0.05) is 12.3 Å². The quantitative estimate of drug-likeness (QED) is 0.847. The van der Waals surface area contributed by atoms with E-state index in [0.29, 0.717) is 11.7 Å². The van der Waals surface area contributed by atoms with Gasteiger partial charge < -0.3 is 5.73 Å². The van der Waals surface area contributed by atoms with Crippen molar-refractivity contribution in [3.63, 3.8) is 0 Å². The fraction of sp³-hybridized carbons (Fsp3) is 0.667. The monoisotopic (exact) mass is 331 g/mol. The highest BCUT2D eigenvalue weighted by molar-refractivity contribution is 14.1. The first kappa shape index (κ1) is 12.1. The van der Waals surface area contributed by atoms with E-state index in [4.69, 9.17) is 5.73 Å². The Morgan fingerprint density at radius 3 is 2.44 bits per heavy atom. The highest BCUT2D eigenvalue weighted by atomic mass is 127. The predicted molar refractivity (Wildman–Crippen MR) is 74.3 cm³/mol. The number of halogens is 1. The Bertz CT molecular complexity index is 405. The number of nitrogen functional groups attached to an aromatic ring is 1. The number of hydrogen-bond donors (Lipinski definition) is 1. The third kappa shape index (κ3) is 2.84. The summed E-state index contributed by atoms with van der Waals surface area (Å²) in [7, 11) is 0. The van der Waals surface area contributed by atoms with Crippen molar-refractivity contribution < 1.29 is 0 Å². The summed E-state index contributed by atoms with van der Waals surface area (Å²) in [6.07, 6.45) is 3.39. The van der Waals surface area contributed by atoms with E-state index in [-0.39, 0.29) is 5.41 Å². The Hall–Kier alpha value is -0.390. The van der Waals surface area contributed by atoms with E-state index in [1.54, 1.807) is 0 Å². The Morgan fingerprint density at radius 2 is 1.94 bits per heavy atom. The zero-order valence-corrected chi connectivity index (χ0v) is 12.2. The summed E-state index contributed by atoms with van der Waals surface area (Å²) in [6, 6.07) is 0. The fourth-order valence-electron chi connectivity index (χ4n) is 1.71. The Morgan fingerprint density at radius 1 is 1.31 bits per heavy atom. The topological polar surface area (TPSA) is 51.8 Å². The van der Waals surface area contributed by atoms with Gasteiger partial charge in [-0.3, -0.25) is 0 Å². The Kier molecular flexibility index (Phi) is 3.11. The third-order valence-electron chi connectivity index (χ3n) is 2.60. The molecule has 1 aliphatic rings. The molecule has 1 aromatic heterocycles. The molecule has 0 aromatic carbocycles. The lowest BCUT2D eigenvalue weighted by Crippen LogP contribution is -2.15. The van der Waals surface area contributed by atoms with Crippen LogP contribution in [0.1, 0.15) is 51.0 Å². The van der Waals surface area contributed by atoms with Crippen LogP contribution in [0.2, 0.25) is 0 Å². The van der Waals surface area contributed by atoms with Crippen LogP contribution in [0.3, 0.4) is 0 Å². The number of nitrogens with zero attached hydrogens (tertiary/aromatic N) is 2. The van der Waals surface area contributed by atoms with Crippen LogP contribution in [-0.4, -0.2) is 9.97 Å². The molecule has 0 unspecified atom stereocenters. The van der Waals surface area contributed by atoms with Crippen LogP contribution < -0.4 is 5.73 Å². The summed E-state index contributed by atoms with van der Waals surface area (Å²) < 4.78 is 1.05. The number of hydrogen-bond acceptors (Lipinski definition) is 3. The molecule has 0 bridgehead atoms. The number of aromatic nitrogens is 2. The van der Waals surface area contributed by atoms with E-state index >= 15 is 0 Å². The third-order valence-corrected chi connectivity index (χ3v) is 3.71. The maximum absolute atomic E-state index is 5.95. The minimum absolute atomic E-state index is 0.208. The fourth-order valence-corrected chi connectivity index (χ4v) is 2.39. The van der Waals surface area contributed by atoms with Gasteiger partial charge in [0.25, 0.3) is 0 Å². The summed E-state index contributed by atoms with van der Waals surface area (Å²) in [5.74, 6) is 2.18. The van der Waals surface area contributed by atoms with Gasteiger partial charge in [-0.25, -0.2) is 9.97 Å². The molecule has 1 heterocycles. The molecule has 0 amide bonds. The van der Waals surface area contributed by atoms with Crippen LogP contribution in [0, 0.1) is 8.99 Å². The molecule has 0 atom stereocenters. The molecule has 1 saturated carbocycles. The molecule has 4 heteroatoms. The maximum atomic E-state index is 5.95. The SMILES string of the molecule is CC(C)(C)Cc1nc(N)c(I)c(C2CC2)n1. The zero-order chi connectivity index (χ0) is 11.9. The molecule has 1 fully saturated rings. The second-order valence-electron chi connectivity index (χ2n) is 5.74. The maximum Gasteiger partial charge on any atom is 0.140 e. The second kappa shape index (κ2) is 4.13. The predicted octanol–water partition coefficient (Wildman–Crippen LogP) is 3.13. The second-order valence-corrected chi connectivity index (χ2v) is 6.81. The van der Waals surface area contributed by atoms with Crippen molar-refractivity contribution in [3.8, 4) is 0 Å². The smallest absolute Gasteiger partial charge is 0.140 e. The average Bonchev–Trinajstić information content (AvgIpc) is 2.91. The van der Waals surface area contributed by atoms with Crippen LogP contribution in [0.25, 0.3) is 0 Å². The van der Waals surface area contributed by atoms with Crippen molar-refractivity contribution in [2.45, 2.75) is 46.0 Å². The van der Waals surface area contributed by atoms with Crippen LogP contribution in [0.15, 0.2) is 0 Å². The highest BCUT2D eigenvalue weighted by Gasteiger charge is 2.29. The number of anilines is 1. The van der Waals surface area contributed by atoms with Gasteiger partial charge in [-0.05, 0) is 40.8 Å². The van der Waals surface area contributed by atoms with E-state index in [2.05, 4.69) is 53.3 Å². The molecule has 2 rings (SSSR count). The van der Waals surface area contributed by atoms with Crippen molar-refractivity contribution >= 4 is 28.4 Å². The van der Waals surface area contributed by atoms with Crippen molar-refractivity contribution in [2.24, 2.45) is 5.41 Å². The highest BCUT2D eigenvalue weighted by Crippen LogP contribution is 2.42. The van der Waals surface area contributed by atoms with Gasteiger partial charge in [-0.1, -0.05) is 20.8 Å². The molecule has 88 valence electrons. The van der Waals surface area contributed by atoms with Crippen LogP contribution in [0.4, 0.5) is 5.82 Å². The minimum Gasteiger partial charge on any atom is -0.383 e. The normalized spacial score (nSPS) is 16.5. The van der Waals surface area contributed by atoms with Gasteiger partial charge in [-0.2, -0.15) is 0 Å². The minimum atomic E-state index is 0.208. The number of nitrogens with two attached hydrogens (primary N) is 1. The molecular formula is C12H18IN3. The van der Waals surface area contributed by atoms with E-state index in [0.717, 1.165) is 15.8 Å². The van der Waals surface area contributed by atoms with E-state index in [1.807, 2.05) is 0 Å².